The van der Waals surface area contributed by atoms with Crippen molar-refractivity contribution < 1.29 is 23.8 Å². The molecule has 0 radical (unpaired) electrons. The lowest BCUT2D eigenvalue weighted by molar-refractivity contribution is -0.0246. The molecule has 1 aliphatic rings. The molecule has 1 aliphatic heterocycles. The predicted molar refractivity (Wildman–Crippen MR) is 94.8 cm³/mol. The Hall–Kier alpha value is -3.35. The monoisotopic (exact) mass is 367 g/mol. The van der Waals surface area contributed by atoms with Crippen LogP contribution in [0.5, 0.6) is 0 Å². The van der Waals surface area contributed by atoms with Crippen LogP contribution < -0.4 is 0 Å². The summed E-state index contributed by atoms with van der Waals surface area (Å²) in [5.41, 5.74) is 9.51. The smallest absolute Gasteiger partial charge is 0.338 e. The van der Waals surface area contributed by atoms with Gasteiger partial charge in [0.05, 0.1) is 17.2 Å². The Morgan fingerprint density at radius 1 is 1.04 bits per heavy atom. The molecule has 0 unspecified atom stereocenters. The van der Waals surface area contributed by atoms with E-state index in [9.17, 15) is 9.59 Å². The number of azide groups is 1. The first-order valence-corrected chi connectivity index (χ1v) is 8.35. The summed E-state index contributed by atoms with van der Waals surface area (Å²) in [6.07, 6.45) is -2.01. The predicted octanol–water partition coefficient (Wildman–Crippen LogP) is 3.49. The molecule has 2 aromatic rings. The highest BCUT2D eigenvalue weighted by molar-refractivity contribution is 5.89. The molecule has 138 valence electrons. The number of esters is 2. The van der Waals surface area contributed by atoms with Crippen molar-refractivity contribution in [2.45, 2.75) is 24.9 Å². The molecule has 1 heterocycles. The van der Waals surface area contributed by atoms with E-state index in [1.54, 1.807) is 60.7 Å². The maximum Gasteiger partial charge on any atom is 0.338 e. The van der Waals surface area contributed by atoms with Gasteiger partial charge in [0.15, 0.2) is 6.23 Å². The molecule has 2 aromatic carbocycles. The molecule has 1 saturated heterocycles. The second-order valence-electron chi connectivity index (χ2n) is 5.86. The third-order valence-corrected chi connectivity index (χ3v) is 3.99. The van der Waals surface area contributed by atoms with Gasteiger partial charge < -0.3 is 14.2 Å². The summed E-state index contributed by atoms with van der Waals surface area (Å²) >= 11 is 0. The summed E-state index contributed by atoms with van der Waals surface area (Å²) in [4.78, 5) is 26.9. The molecular weight excluding hydrogens is 350 g/mol. The van der Waals surface area contributed by atoms with Crippen LogP contribution in [-0.4, -0.2) is 37.0 Å². The van der Waals surface area contributed by atoms with Crippen LogP contribution in [-0.2, 0) is 14.2 Å². The average molecular weight is 367 g/mol. The normalized spacial score (nSPS) is 21.1. The van der Waals surface area contributed by atoms with Gasteiger partial charge >= 0.3 is 11.9 Å². The van der Waals surface area contributed by atoms with Gasteiger partial charge in [-0.1, -0.05) is 41.5 Å². The summed E-state index contributed by atoms with van der Waals surface area (Å²) < 4.78 is 16.2. The molecule has 8 nitrogen and oxygen atoms in total. The fourth-order valence-corrected chi connectivity index (χ4v) is 2.69. The molecule has 27 heavy (non-hydrogen) atoms. The van der Waals surface area contributed by atoms with E-state index < -0.39 is 30.4 Å². The second-order valence-corrected chi connectivity index (χ2v) is 5.86. The lowest BCUT2D eigenvalue weighted by atomic mass is 10.2. The minimum Gasteiger partial charge on any atom is -0.459 e. The first-order chi connectivity index (χ1) is 13.2. The molecule has 1 fully saturated rings. The number of hydrogen-bond donors (Lipinski definition) is 0. The minimum atomic E-state index is -0.969. The summed E-state index contributed by atoms with van der Waals surface area (Å²) in [6, 6.07) is 17.0. The highest BCUT2D eigenvalue weighted by atomic mass is 16.6. The van der Waals surface area contributed by atoms with Crippen molar-refractivity contribution in [3.63, 3.8) is 0 Å². The van der Waals surface area contributed by atoms with Gasteiger partial charge in [0.1, 0.15) is 12.7 Å². The molecule has 0 amide bonds. The fourth-order valence-electron chi connectivity index (χ4n) is 2.69. The van der Waals surface area contributed by atoms with Gasteiger partial charge in [0.2, 0.25) is 0 Å². The van der Waals surface area contributed by atoms with Gasteiger partial charge in [0.25, 0.3) is 0 Å². The second kappa shape index (κ2) is 8.84. The number of nitrogens with zero attached hydrogens (tertiary/aromatic N) is 3. The molecule has 0 saturated carbocycles. The topological polar surface area (TPSA) is 111 Å². The SMILES string of the molecule is [N-]=[N+]=N[C@H]1O[C@H](COC(=O)c2ccccc2)C[C@H]1OC(=O)c1ccccc1. The standard InChI is InChI=1S/C19H17N3O5/c20-22-21-17-16(27-19(24)14-9-5-2-6-10-14)11-15(26-17)12-25-18(23)13-7-3-1-4-8-13/h1-10,15-17H,11-12H2/t15-,16+,17-/m0/s1. The lowest BCUT2D eigenvalue weighted by Gasteiger charge is -2.14. The van der Waals surface area contributed by atoms with Crippen LogP contribution in [0, 0.1) is 0 Å². The summed E-state index contributed by atoms with van der Waals surface area (Å²) in [5, 5.41) is 3.53. The van der Waals surface area contributed by atoms with Crippen molar-refractivity contribution in [1.29, 1.82) is 0 Å². The van der Waals surface area contributed by atoms with Gasteiger partial charge in [0, 0.05) is 11.3 Å². The van der Waals surface area contributed by atoms with E-state index >= 15 is 0 Å². The molecule has 3 rings (SSSR count). The van der Waals surface area contributed by atoms with E-state index in [2.05, 4.69) is 10.0 Å². The average Bonchev–Trinajstić information content (AvgIpc) is 3.09. The Bertz CT molecular complexity index is 837. The third-order valence-electron chi connectivity index (χ3n) is 3.99. The van der Waals surface area contributed by atoms with Crippen LogP contribution in [0.3, 0.4) is 0 Å². The number of rotatable bonds is 6. The lowest BCUT2D eigenvalue weighted by Crippen LogP contribution is -2.25. The van der Waals surface area contributed by atoms with E-state index in [0.717, 1.165) is 0 Å². The molecular formula is C19H17N3O5. The molecule has 0 aliphatic carbocycles. The number of carbonyl (C=O) groups excluding carboxylic acids is 2. The van der Waals surface area contributed by atoms with E-state index in [4.69, 9.17) is 19.7 Å². The molecule has 3 atom stereocenters. The van der Waals surface area contributed by atoms with Crippen molar-refractivity contribution in [3.05, 3.63) is 82.2 Å². The first-order valence-electron chi connectivity index (χ1n) is 8.35. The summed E-state index contributed by atoms with van der Waals surface area (Å²) in [5.74, 6) is -1.02. The van der Waals surface area contributed by atoms with Crippen molar-refractivity contribution in [1.82, 2.24) is 0 Å². The van der Waals surface area contributed by atoms with Gasteiger partial charge in [-0.25, -0.2) is 9.59 Å². The minimum absolute atomic E-state index is 0.0371. The molecule has 0 aromatic heterocycles. The van der Waals surface area contributed by atoms with Crippen molar-refractivity contribution >= 4 is 11.9 Å². The van der Waals surface area contributed by atoms with Gasteiger partial charge in [-0.3, -0.25) is 0 Å². The Balaban J connectivity index is 1.58. The Labute approximate surface area is 155 Å². The van der Waals surface area contributed by atoms with Crippen LogP contribution in [0.25, 0.3) is 10.4 Å². The maximum absolute atomic E-state index is 12.2. The van der Waals surface area contributed by atoms with Crippen molar-refractivity contribution in [3.8, 4) is 0 Å². The summed E-state index contributed by atoms with van der Waals surface area (Å²) in [6.45, 7) is -0.0371. The van der Waals surface area contributed by atoms with E-state index in [-0.39, 0.29) is 13.0 Å². The number of carbonyl (C=O) groups is 2. The van der Waals surface area contributed by atoms with Crippen molar-refractivity contribution in [2.75, 3.05) is 6.61 Å². The van der Waals surface area contributed by atoms with Gasteiger partial charge in [-0.15, -0.1) is 0 Å². The molecule has 0 bridgehead atoms. The molecule has 0 spiro atoms. The van der Waals surface area contributed by atoms with Crippen LogP contribution in [0.4, 0.5) is 0 Å². The largest absolute Gasteiger partial charge is 0.459 e. The zero-order valence-electron chi connectivity index (χ0n) is 14.3. The van der Waals surface area contributed by atoms with Crippen LogP contribution in [0.2, 0.25) is 0 Å². The van der Waals surface area contributed by atoms with E-state index in [0.29, 0.717) is 11.1 Å². The highest BCUT2D eigenvalue weighted by Gasteiger charge is 2.38. The number of hydrogen-bond acceptors (Lipinski definition) is 6. The maximum atomic E-state index is 12.2. The Morgan fingerprint density at radius 3 is 2.22 bits per heavy atom. The Kier molecular flexibility index (Phi) is 6.04. The number of ether oxygens (including phenoxy) is 3. The zero-order valence-corrected chi connectivity index (χ0v) is 14.3. The van der Waals surface area contributed by atoms with Gasteiger partial charge in [-0.05, 0) is 29.8 Å². The zero-order chi connectivity index (χ0) is 19.1. The quantitative estimate of drug-likeness (QED) is 0.336. The Morgan fingerprint density at radius 2 is 1.63 bits per heavy atom. The van der Waals surface area contributed by atoms with Crippen molar-refractivity contribution in [2.24, 2.45) is 5.11 Å². The highest BCUT2D eigenvalue weighted by Crippen LogP contribution is 2.26. The van der Waals surface area contributed by atoms with Crippen LogP contribution in [0.1, 0.15) is 27.1 Å². The van der Waals surface area contributed by atoms with E-state index in [1.165, 1.54) is 0 Å². The third kappa shape index (κ3) is 4.84. The molecule has 8 heteroatoms. The number of benzene rings is 2. The summed E-state index contributed by atoms with van der Waals surface area (Å²) in [7, 11) is 0. The van der Waals surface area contributed by atoms with E-state index in [1.807, 2.05) is 0 Å². The van der Waals surface area contributed by atoms with Crippen LogP contribution >= 0.6 is 0 Å². The van der Waals surface area contributed by atoms with Crippen LogP contribution in [0.15, 0.2) is 65.8 Å². The molecule has 0 N–H and O–H groups in total. The first kappa shape index (κ1) is 18.4. The van der Waals surface area contributed by atoms with Gasteiger partial charge in [-0.2, -0.15) is 0 Å². The fraction of sp³-hybridized carbons (Fsp3) is 0.263.